The molecule has 0 spiro atoms. The van der Waals surface area contributed by atoms with Gasteiger partial charge in [-0.1, -0.05) is 51.0 Å². The van der Waals surface area contributed by atoms with E-state index in [4.69, 9.17) is 18.9 Å². The zero-order valence-corrected chi connectivity index (χ0v) is 83.0. The smallest absolute Gasteiger partial charge is 0.344 e. The number of aromatic nitrogens is 3. The molecule has 0 amide bonds. The van der Waals surface area contributed by atoms with Crippen molar-refractivity contribution in [2.24, 2.45) is 57.2 Å². The summed E-state index contributed by atoms with van der Waals surface area (Å²) in [7, 11) is 4.34. The van der Waals surface area contributed by atoms with Crippen molar-refractivity contribution in [2.75, 3.05) is 128 Å². The summed E-state index contributed by atoms with van der Waals surface area (Å²) in [6.07, 6.45) is 12.6. The number of pyridine rings is 3. The maximum absolute atomic E-state index is 17.9. The number of nitrogens with one attached hydrogen (secondary N) is 1. The summed E-state index contributed by atoms with van der Waals surface area (Å²) in [5, 5.41) is 79.5. The number of carbonyl (C=O) groups excluding carboxylic acids is 5. The third-order valence-corrected chi connectivity index (χ3v) is 36.3. The number of piperazine rings is 3. The van der Waals surface area contributed by atoms with E-state index in [0.717, 1.165) is 38.8 Å². The molecule has 3 aliphatic heterocycles. The molecule has 3 aromatic heterocycles. The number of alkyl halides is 2. The molecule has 141 heavy (non-hydrogen) atoms. The number of carboxylic acids is 2. The fourth-order valence-electron chi connectivity index (χ4n) is 28.5. The van der Waals surface area contributed by atoms with E-state index in [0.29, 0.717) is 161 Å². The van der Waals surface area contributed by atoms with Crippen LogP contribution in [0.1, 0.15) is 221 Å². The lowest BCUT2D eigenvalue weighted by molar-refractivity contribution is -0.219. The number of aryl methyl sites for hydroxylation is 3. The number of aliphatic hydroxyl groups excluding tert-OH is 3. The molecule has 6 heterocycles. The number of carboxylic acid groups (broad SMARTS) is 2. The average molecular weight is 1960 g/mol. The number of Topliss-reactive ketones (excluding diaryl/α,β-unsaturated/α-hetero) is 2. The number of esters is 1. The summed E-state index contributed by atoms with van der Waals surface area (Å²) in [5.74, 6) is -10.2. The average Bonchev–Trinajstić information content (AvgIpc) is 1.50. The maximum Gasteiger partial charge on any atom is 0.344 e. The molecular weight excluding hydrogens is 1830 g/mol. The van der Waals surface area contributed by atoms with E-state index in [1.807, 2.05) is 28.4 Å². The van der Waals surface area contributed by atoms with Crippen LogP contribution in [0.5, 0.6) is 17.2 Å². The number of ketones is 4. The normalized spacial score (nSPS) is 32.3. The highest BCUT2D eigenvalue weighted by molar-refractivity contribution is 6.05. The number of hydrogen-bond acceptors (Lipinski definition) is 25. The molecule has 0 bridgehead atoms. The first-order valence-electron chi connectivity index (χ1n) is 49.7. The van der Waals surface area contributed by atoms with Gasteiger partial charge < -0.3 is 88.4 Å². The standard InChI is InChI=1S/C64H77F3N6O12.C22H29FO5.C20H24FN3O4/c1-31-25-42-41-16-11-37-26-40(74)17-18-61(37,7)63(41,67)43(75)27-62(42,8)64(31,82)44(76)29-85-60(81)48-36(6)73(39-14-15-39)52-46(56(48)78)34(4)50(66)54(58(52)84-10)70-23-24-71(32(2)28-70)30-68-19-21-69(22-20-68)53-49(65)33(3)45-51(57(53)83-9)72(38-12-13-38)35(5)47(55(45)77)59(79)80;1-12-8-16-15-5-4-13-9-14(25)6-7-19(13,2)21(15,23)17(26)10-20(16,3)22(12,28)18(27)11-24;1-10-13-16(19(28-3)17(15(10)21)23-8-6-22-7-9-23)24(12-4-5-12)11(2)14(18(13)25)20(26)27/h17-18,26,31-32,38-39,41-43,75,82H,11-16,19-25,27-30H2,1-10H3,(H,79,80);6-7,9,12,15-17,24,26,28H,4-5,8,10-11H2,1-3H3;12,22H,4-9H2,1-3H3,(H,26,27)/t31-,32?,41-,42-,43-,61-,62-,63-,64-;12-,15-,16-,17-,19-,20-,21-,22-;/m00./s1. The Morgan fingerprint density at radius 1 is 0.489 bits per heavy atom. The Morgan fingerprint density at radius 2 is 0.851 bits per heavy atom. The van der Waals surface area contributed by atoms with Crippen LogP contribution < -0.4 is 50.5 Å². The maximum atomic E-state index is 17.9. The summed E-state index contributed by atoms with van der Waals surface area (Å²) >= 11 is 0. The Hall–Kier alpha value is -10.5. The number of methoxy groups -OCH3 is 3. The number of halogens is 5. The molecule has 14 aliphatic rings. The van der Waals surface area contributed by atoms with Gasteiger partial charge in [0.05, 0.1) is 72.9 Å². The lowest BCUT2D eigenvalue weighted by Crippen LogP contribution is -2.69. The van der Waals surface area contributed by atoms with Gasteiger partial charge in [0.2, 0.25) is 22.1 Å². The summed E-state index contributed by atoms with van der Waals surface area (Å²) in [6.45, 7) is 26.7. The number of fused-ring (bicyclic) bond motifs is 13. The van der Waals surface area contributed by atoms with E-state index in [1.54, 1.807) is 81.4 Å². The number of aromatic carboxylic acids is 2. The summed E-state index contributed by atoms with van der Waals surface area (Å²) in [6, 6.07) is -0.210. The topological polar surface area (TPSA) is 392 Å². The van der Waals surface area contributed by atoms with Gasteiger partial charge in [-0.3, -0.25) is 43.4 Å². The van der Waals surface area contributed by atoms with Crippen LogP contribution in [-0.2, 0) is 23.9 Å². The van der Waals surface area contributed by atoms with E-state index in [-0.39, 0.29) is 139 Å². The summed E-state index contributed by atoms with van der Waals surface area (Å²) in [5.41, 5.74) is -11.5. The van der Waals surface area contributed by atoms with E-state index in [1.165, 1.54) is 59.5 Å². The van der Waals surface area contributed by atoms with Gasteiger partial charge in [0, 0.05) is 163 Å². The predicted molar refractivity (Wildman–Crippen MR) is 517 cm³/mol. The van der Waals surface area contributed by atoms with Gasteiger partial charge in [-0.15, -0.1) is 0 Å². The number of rotatable bonds is 19. The number of allylic oxidation sites excluding steroid dienone is 8. The van der Waals surface area contributed by atoms with Crippen molar-refractivity contribution in [1.29, 1.82) is 0 Å². The molecule has 9 saturated carbocycles. The highest BCUT2D eigenvalue weighted by atomic mass is 19.2. The zero-order chi connectivity index (χ0) is 102. The van der Waals surface area contributed by atoms with Gasteiger partial charge in [0.1, 0.15) is 51.6 Å². The highest BCUT2D eigenvalue weighted by Gasteiger charge is 2.78. The Bertz CT molecular complexity index is 6660. The van der Waals surface area contributed by atoms with E-state index >= 15 is 22.0 Å². The predicted octanol–water partition coefficient (Wildman–Crippen LogP) is 11.7. The first-order chi connectivity index (χ1) is 66.5. The van der Waals surface area contributed by atoms with Crippen LogP contribution in [0.4, 0.5) is 39.0 Å². The second-order valence-electron chi connectivity index (χ2n) is 43.4. The number of carbonyl (C=O) groups is 7. The largest absolute Gasteiger partial charge is 0.492 e. The third kappa shape index (κ3) is 14.7. The molecule has 1 unspecified atom stereocenters. The fourth-order valence-corrected chi connectivity index (χ4v) is 28.5. The van der Waals surface area contributed by atoms with Gasteiger partial charge in [0.15, 0.2) is 70.0 Å². The monoisotopic (exact) mass is 1960 g/mol. The number of anilines is 3. The lowest BCUT2D eigenvalue weighted by Gasteiger charge is -2.62. The first kappa shape index (κ1) is 101. The molecule has 6 aromatic rings. The molecule has 12 fully saturated rings. The number of ether oxygens (including phenoxy) is 4. The Balaban J connectivity index is 0.000000188. The minimum Gasteiger partial charge on any atom is -0.492 e. The van der Waals surface area contributed by atoms with Crippen LogP contribution in [0, 0.1) is 116 Å². The molecule has 20 rings (SSSR count). The van der Waals surface area contributed by atoms with Crippen LogP contribution in [0.15, 0.2) is 62.0 Å². The van der Waals surface area contributed by atoms with Gasteiger partial charge in [-0.2, -0.15) is 0 Å². The third-order valence-electron chi connectivity index (χ3n) is 36.3. The quantitative estimate of drug-likeness (QED) is 0.0276. The van der Waals surface area contributed by atoms with Gasteiger partial charge in [-0.05, 0) is 200 Å². The van der Waals surface area contributed by atoms with Crippen LogP contribution in [0.3, 0.4) is 0 Å². The van der Waals surface area contributed by atoms with Crippen molar-refractivity contribution >= 4 is 90.8 Å². The Kier molecular flexibility index (Phi) is 25.5. The molecule has 760 valence electrons. The van der Waals surface area contributed by atoms with Gasteiger partial charge in [-0.25, -0.2) is 36.3 Å². The zero-order valence-electron chi connectivity index (χ0n) is 83.0. The Morgan fingerprint density at radius 3 is 1.22 bits per heavy atom. The van der Waals surface area contributed by atoms with E-state index in [2.05, 4.69) is 22.0 Å². The minimum absolute atomic E-state index is 0.0104. The minimum atomic E-state index is -2.18. The summed E-state index contributed by atoms with van der Waals surface area (Å²) in [4.78, 5) is 142. The van der Waals surface area contributed by atoms with Crippen LogP contribution in [-0.4, -0.2) is 254 Å². The van der Waals surface area contributed by atoms with Crippen molar-refractivity contribution in [1.82, 2.24) is 28.8 Å². The second kappa shape index (κ2) is 35.8. The molecule has 3 saturated heterocycles. The van der Waals surface area contributed by atoms with E-state index < -0.39 is 162 Å². The highest BCUT2D eigenvalue weighted by Crippen LogP contribution is 2.73. The van der Waals surface area contributed by atoms with Crippen molar-refractivity contribution in [3.63, 3.8) is 0 Å². The SMILES string of the molecule is COc1c(N2CCN(CN3CCN(c4c(F)c(C)c5c(=O)c(C(=O)OCC(=O)[C@@]6(O)[C@@H](C)C[C@H]7[C@@H]8CCC9=CC(=O)C=C[C@]9(C)[C@@]8(F)[C@@H](O)C[C@@]76C)c(C)n(C6CC6)c5c4OC)CC3C)CC2)c(F)c(C)c2c(=O)c(C(=O)O)c(C)n(C3CC3)c12.COc1c(N2CCNCC2)c(F)c(C)c2c(=O)c(C(=O)O)c(C)n(C3CC3)c12.C[C@H]1C[C@H]2[C@@H]3CCC4=CC(=O)C=C[C@]4(C)[C@@]3(F)[C@@H](O)C[C@]2(C)[C@@]1(O)C(=O)CO. The first-order valence-corrected chi connectivity index (χ1v) is 49.7. The molecule has 8 N–H and O–H groups in total. The second-order valence-corrected chi connectivity index (χ2v) is 43.4. The van der Waals surface area contributed by atoms with Crippen LogP contribution in [0.2, 0.25) is 0 Å². The molecule has 17 atom stereocenters. The number of nitrogens with zero attached hydrogens (tertiary/aromatic N) is 8. The van der Waals surface area contributed by atoms with Crippen molar-refractivity contribution in [3.8, 4) is 17.2 Å². The van der Waals surface area contributed by atoms with Crippen LogP contribution >= 0.6 is 0 Å². The molecule has 0 radical (unpaired) electrons. The number of benzene rings is 3. The van der Waals surface area contributed by atoms with Gasteiger partial charge in [0.25, 0.3) is 0 Å². The molecular formula is C106H130F5N9O21. The van der Waals surface area contributed by atoms with Crippen molar-refractivity contribution in [3.05, 3.63) is 146 Å². The fraction of sp³-hybridized carbons (Fsp3) is 0.604. The van der Waals surface area contributed by atoms with Gasteiger partial charge >= 0.3 is 17.9 Å². The number of aliphatic hydroxyl groups is 5. The lowest BCUT2D eigenvalue weighted by atomic mass is 9.44. The van der Waals surface area contributed by atoms with E-state index in [9.17, 15) is 83.7 Å². The number of hydrogen-bond donors (Lipinski definition) is 8. The van der Waals surface area contributed by atoms with Crippen molar-refractivity contribution < 1.29 is 110 Å². The molecule has 30 nitrogen and oxygen atoms in total. The van der Waals surface area contributed by atoms with Crippen LogP contribution in [0.25, 0.3) is 32.7 Å². The Labute approximate surface area is 813 Å². The molecule has 11 aliphatic carbocycles. The van der Waals surface area contributed by atoms with Crippen molar-refractivity contribution in [2.45, 2.75) is 239 Å². The summed E-state index contributed by atoms with van der Waals surface area (Å²) < 4.78 is 113. The molecule has 3 aromatic carbocycles. The molecule has 35 heteroatoms.